The zero-order chi connectivity index (χ0) is 17.4. The number of nitriles is 1. The number of carbonyl (C=O) groups is 1. The van der Waals surface area contributed by atoms with Gasteiger partial charge in [0, 0.05) is 11.6 Å². The van der Waals surface area contributed by atoms with Crippen molar-refractivity contribution in [3.8, 4) is 17.6 Å². The molecule has 0 aliphatic rings. The van der Waals surface area contributed by atoms with E-state index in [0.29, 0.717) is 28.6 Å². The SMILES string of the molecule is C=CCNC(=O)/C(C#N)=C/c1cccc(Oc2ccc(Cl)cc2)c1. The fourth-order valence-corrected chi connectivity index (χ4v) is 2.01. The Kier molecular flexibility index (Phi) is 6.18. The van der Waals surface area contributed by atoms with Crippen molar-refractivity contribution in [2.24, 2.45) is 0 Å². The highest BCUT2D eigenvalue weighted by Crippen LogP contribution is 2.24. The Labute approximate surface area is 145 Å². The largest absolute Gasteiger partial charge is 0.457 e. The van der Waals surface area contributed by atoms with Gasteiger partial charge in [-0.15, -0.1) is 6.58 Å². The second-order valence-corrected chi connectivity index (χ2v) is 5.23. The maximum absolute atomic E-state index is 11.9. The van der Waals surface area contributed by atoms with E-state index in [1.807, 2.05) is 6.07 Å². The van der Waals surface area contributed by atoms with Crippen LogP contribution in [0.25, 0.3) is 6.08 Å². The molecule has 0 spiro atoms. The van der Waals surface area contributed by atoms with Crippen molar-refractivity contribution < 1.29 is 9.53 Å². The lowest BCUT2D eigenvalue weighted by Gasteiger charge is -2.07. The molecule has 120 valence electrons. The van der Waals surface area contributed by atoms with Crippen molar-refractivity contribution in [1.82, 2.24) is 5.32 Å². The first-order valence-corrected chi connectivity index (χ1v) is 7.54. The summed E-state index contributed by atoms with van der Waals surface area (Å²) in [5.41, 5.74) is 0.701. The van der Waals surface area contributed by atoms with Gasteiger partial charge in [-0.05, 0) is 48.0 Å². The average Bonchev–Trinajstić information content (AvgIpc) is 2.60. The summed E-state index contributed by atoms with van der Waals surface area (Å²) >= 11 is 5.84. The van der Waals surface area contributed by atoms with Gasteiger partial charge in [0.15, 0.2) is 0 Å². The van der Waals surface area contributed by atoms with E-state index < -0.39 is 5.91 Å². The van der Waals surface area contributed by atoms with Gasteiger partial charge in [-0.2, -0.15) is 5.26 Å². The summed E-state index contributed by atoms with van der Waals surface area (Å²) in [6.45, 7) is 3.82. The zero-order valence-corrected chi connectivity index (χ0v) is 13.6. The number of benzene rings is 2. The molecule has 0 saturated heterocycles. The molecule has 24 heavy (non-hydrogen) atoms. The standard InChI is InChI=1S/C19H15ClN2O2/c1-2-10-22-19(23)15(13-21)11-14-4-3-5-18(12-14)24-17-8-6-16(20)7-9-17/h2-9,11-12H,1,10H2,(H,22,23)/b15-11+. The maximum Gasteiger partial charge on any atom is 0.262 e. The second kappa shape index (κ2) is 8.56. The zero-order valence-electron chi connectivity index (χ0n) is 12.8. The first-order chi connectivity index (χ1) is 11.6. The van der Waals surface area contributed by atoms with Gasteiger partial charge < -0.3 is 10.1 Å². The number of amides is 1. The number of nitrogens with zero attached hydrogens (tertiary/aromatic N) is 1. The van der Waals surface area contributed by atoms with Crippen LogP contribution in [0.4, 0.5) is 0 Å². The van der Waals surface area contributed by atoms with Crippen molar-refractivity contribution in [1.29, 1.82) is 5.26 Å². The van der Waals surface area contributed by atoms with E-state index in [-0.39, 0.29) is 5.57 Å². The van der Waals surface area contributed by atoms with Crippen LogP contribution in [0.1, 0.15) is 5.56 Å². The number of ether oxygens (including phenoxy) is 1. The first-order valence-electron chi connectivity index (χ1n) is 7.17. The Bertz CT molecular complexity index is 805. The van der Waals surface area contributed by atoms with E-state index >= 15 is 0 Å². The Morgan fingerprint density at radius 3 is 2.67 bits per heavy atom. The second-order valence-electron chi connectivity index (χ2n) is 4.80. The molecule has 5 heteroatoms. The molecule has 0 aromatic heterocycles. The average molecular weight is 339 g/mol. The van der Waals surface area contributed by atoms with Crippen LogP contribution in [0.15, 0.2) is 66.8 Å². The van der Waals surface area contributed by atoms with Gasteiger partial charge in [0.25, 0.3) is 5.91 Å². The molecule has 0 radical (unpaired) electrons. The Hall–Kier alpha value is -3.03. The number of hydrogen-bond donors (Lipinski definition) is 1. The van der Waals surface area contributed by atoms with E-state index in [9.17, 15) is 4.79 Å². The van der Waals surface area contributed by atoms with Crippen LogP contribution in [0.3, 0.4) is 0 Å². The number of hydrogen-bond acceptors (Lipinski definition) is 3. The molecule has 2 rings (SSSR count). The van der Waals surface area contributed by atoms with Gasteiger partial charge in [-0.3, -0.25) is 4.79 Å². The predicted octanol–water partition coefficient (Wildman–Crippen LogP) is 4.34. The molecule has 0 unspecified atom stereocenters. The smallest absolute Gasteiger partial charge is 0.262 e. The van der Waals surface area contributed by atoms with Crippen molar-refractivity contribution in [3.05, 3.63) is 77.3 Å². The third kappa shape index (κ3) is 5.01. The summed E-state index contributed by atoms with van der Waals surface area (Å²) < 4.78 is 5.73. The molecule has 2 aromatic carbocycles. The van der Waals surface area contributed by atoms with Gasteiger partial charge in [0.2, 0.25) is 0 Å². The number of halogens is 1. The highest BCUT2D eigenvalue weighted by Gasteiger charge is 2.08. The van der Waals surface area contributed by atoms with Gasteiger partial charge in [0.05, 0.1) is 0 Å². The molecule has 1 amide bonds. The van der Waals surface area contributed by atoms with E-state index in [4.69, 9.17) is 21.6 Å². The van der Waals surface area contributed by atoms with E-state index in [1.54, 1.807) is 54.6 Å². The van der Waals surface area contributed by atoms with Crippen LogP contribution >= 0.6 is 11.6 Å². The summed E-state index contributed by atoms with van der Waals surface area (Å²) in [6.07, 6.45) is 3.06. The lowest BCUT2D eigenvalue weighted by molar-refractivity contribution is -0.116. The highest BCUT2D eigenvalue weighted by molar-refractivity contribution is 6.30. The predicted molar refractivity (Wildman–Crippen MR) is 94.8 cm³/mol. The Morgan fingerprint density at radius 2 is 2.00 bits per heavy atom. The lowest BCUT2D eigenvalue weighted by Crippen LogP contribution is -2.24. The Morgan fingerprint density at radius 1 is 1.25 bits per heavy atom. The van der Waals surface area contributed by atoms with Gasteiger partial charge >= 0.3 is 0 Å². The van der Waals surface area contributed by atoms with Crippen molar-refractivity contribution >= 4 is 23.6 Å². The molecule has 0 fully saturated rings. The summed E-state index contributed by atoms with van der Waals surface area (Å²) in [7, 11) is 0. The third-order valence-electron chi connectivity index (χ3n) is 2.99. The number of nitrogens with one attached hydrogen (secondary N) is 1. The van der Waals surface area contributed by atoms with Crippen molar-refractivity contribution in [2.45, 2.75) is 0 Å². The van der Waals surface area contributed by atoms with E-state index in [2.05, 4.69) is 11.9 Å². The van der Waals surface area contributed by atoms with Crippen LogP contribution < -0.4 is 10.1 Å². The minimum absolute atomic E-state index is 0.0143. The van der Waals surface area contributed by atoms with Gasteiger partial charge in [0.1, 0.15) is 23.1 Å². The fraction of sp³-hybridized carbons (Fsp3) is 0.0526. The van der Waals surface area contributed by atoms with Crippen LogP contribution in [-0.2, 0) is 4.79 Å². The maximum atomic E-state index is 11.9. The van der Waals surface area contributed by atoms with E-state index in [1.165, 1.54) is 6.08 Å². The summed E-state index contributed by atoms with van der Waals surface area (Å²) in [4.78, 5) is 11.9. The lowest BCUT2D eigenvalue weighted by atomic mass is 10.1. The Balaban J connectivity index is 2.18. The number of carbonyl (C=O) groups excluding carboxylic acids is 1. The van der Waals surface area contributed by atoms with Crippen LogP contribution in [0, 0.1) is 11.3 Å². The molecule has 0 heterocycles. The van der Waals surface area contributed by atoms with Crippen LogP contribution in [0.5, 0.6) is 11.5 Å². The third-order valence-corrected chi connectivity index (χ3v) is 3.24. The monoisotopic (exact) mass is 338 g/mol. The molecular formula is C19H15ClN2O2. The molecule has 0 atom stereocenters. The molecule has 0 saturated carbocycles. The fourth-order valence-electron chi connectivity index (χ4n) is 1.88. The van der Waals surface area contributed by atoms with Crippen LogP contribution in [0.2, 0.25) is 5.02 Å². The van der Waals surface area contributed by atoms with Crippen molar-refractivity contribution in [3.63, 3.8) is 0 Å². The van der Waals surface area contributed by atoms with E-state index in [0.717, 1.165) is 0 Å². The molecule has 4 nitrogen and oxygen atoms in total. The first kappa shape index (κ1) is 17.3. The molecule has 0 aliphatic heterocycles. The summed E-state index contributed by atoms with van der Waals surface area (Å²) in [5, 5.41) is 12.3. The topological polar surface area (TPSA) is 62.1 Å². The van der Waals surface area contributed by atoms with Crippen LogP contribution in [-0.4, -0.2) is 12.5 Å². The van der Waals surface area contributed by atoms with Gasteiger partial charge in [-0.25, -0.2) is 0 Å². The number of rotatable bonds is 6. The molecule has 2 aromatic rings. The molecular weight excluding hydrogens is 324 g/mol. The highest BCUT2D eigenvalue weighted by atomic mass is 35.5. The normalized spacial score (nSPS) is 10.6. The minimum atomic E-state index is -0.443. The molecule has 0 bridgehead atoms. The summed E-state index contributed by atoms with van der Waals surface area (Å²) in [6, 6.07) is 16.0. The minimum Gasteiger partial charge on any atom is -0.457 e. The molecule has 1 N–H and O–H groups in total. The van der Waals surface area contributed by atoms with Crippen molar-refractivity contribution in [2.75, 3.05) is 6.54 Å². The summed E-state index contributed by atoms with van der Waals surface area (Å²) in [5.74, 6) is 0.793. The van der Waals surface area contributed by atoms with Gasteiger partial charge in [-0.1, -0.05) is 29.8 Å². The quantitative estimate of drug-likeness (QED) is 0.484. The molecule has 0 aliphatic carbocycles.